The van der Waals surface area contributed by atoms with Crippen LogP contribution in [0.3, 0.4) is 0 Å². The van der Waals surface area contributed by atoms with Crippen LogP contribution in [0.15, 0.2) is 48.5 Å². The first-order valence-corrected chi connectivity index (χ1v) is 10.7. The molecule has 0 fully saturated rings. The number of unbranched alkanes of at least 4 members (excludes halogenated alkanes) is 6. The van der Waals surface area contributed by atoms with Gasteiger partial charge in [-0.15, -0.1) is 0 Å². The molecule has 3 nitrogen and oxygen atoms in total. The third-order valence-corrected chi connectivity index (χ3v) is 5.16. The number of amides is 2. The van der Waals surface area contributed by atoms with Crippen LogP contribution in [-0.4, -0.2) is 23.3 Å². The number of imide groups is 1. The summed E-state index contributed by atoms with van der Waals surface area (Å²) < 4.78 is 0. The van der Waals surface area contributed by atoms with Crippen LogP contribution >= 0.6 is 23.2 Å². The van der Waals surface area contributed by atoms with E-state index in [0.29, 0.717) is 27.7 Å². The fourth-order valence-corrected chi connectivity index (χ4v) is 3.27. The lowest BCUT2D eigenvalue weighted by atomic mass is 10.1. The Morgan fingerprint density at radius 2 is 1.07 bits per heavy atom. The zero-order chi connectivity index (χ0) is 20.4. The van der Waals surface area contributed by atoms with Crippen molar-refractivity contribution in [2.75, 3.05) is 6.54 Å². The molecule has 0 aromatic heterocycles. The topological polar surface area (TPSA) is 37.4 Å². The summed E-state index contributed by atoms with van der Waals surface area (Å²) in [6.07, 6.45) is 7.85. The standard InChI is InChI=1S/C23H27Cl2NO2/c1-2-3-4-5-6-7-8-17-26(22(27)18-9-13-20(24)14-10-18)23(28)19-11-15-21(25)16-12-19/h9-16H,2-8,17H2,1H3. The van der Waals surface area contributed by atoms with Crippen LogP contribution in [0.25, 0.3) is 0 Å². The van der Waals surface area contributed by atoms with Crippen LogP contribution in [0, 0.1) is 0 Å². The Morgan fingerprint density at radius 3 is 1.50 bits per heavy atom. The van der Waals surface area contributed by atoms with Crippen molar-refractivity contribution < 1.29 is 9.59 Å². The van der Waals surface area contributed by atoms with Gasteiger partial charge in [0, 0.05) is 27.7 Å². The number of carbonyl (C=O) groups is 2. The van der Waals surface area contributed by atoms with Gasteiger partial charge in [0.15, 0.2) is 0 Å². The molecule has 28 heavy (non-hydrogen) atoms. The highest BCUT2D eigenvalue weighted by Gasteiger charge is 2.23. The fourth-order valence-electron chi connectivity index (χ4n) is 3.02. The average molecular weight is 420 g/mol. The minimum Gasteiger partial charge on any atom is -0.274 e. The van der Waals surface area contributed by atoms with Crippen LogP contribution in [0.4, 0.5) is 0 Å². The Hall–Kier alpha value is -1.84. The molecule has 5 heteroatoms. The van der Waals surface area contributed by atoms with Crippen molar-refractivity contribution >= 4 is 35.0 Å². The average Bonchev–Trinajstić information content (AvgIpc) is 2.70. The first-order chi connectivity index (χ1) is 13.5. The van der Waals surface area contributed by atoms with Crippen molar-refractivity contribution in [2.24, 2.45) is 0 Å². The largest absolute Gasteiger partial charge is 0.274 e. The van der Waals surface area contributed by atoms with Gasteiger partial charge in [-0.2, -0.15) is 0 Å². The third kappa shape index (κ3) is 6.96. The molecular formula is C23H27Cl2NO2. The van der Waals surface area contributed by atoms with Crippen LogP contribution in [0.5, 0.6) is 0 Å². The number of benzene rings is 2. The second kappa shape index (κ2) is 11.9. The van der Waals surface area contributed by atoms with Gasteiger partial charge >= 0.3 is 0 Å². The van der Waals surface area contributed by atoms with Gasteiger partial charge in [-0.1, -0.05) is 68.7 Å². The number of hydrogen-bond acceptors (Lipinski definition) is 2. The van der Waals surface area contributed by atoms with E-state index in [0.717, 1.165) is 19.3 Å². The molecule has 2 rings (SSSR count). The monoisotopic (exact) mass is 419 g/mol. The molecule has 0 aliphatic heterocycles. The van der Waals surface area contributed by atoms with Crippen LogP contribution in [0.1, 0.15) is 72.6 Å². The molecule has 0 radical (unpaired) electrons. The molecule has 0 bridgehead atoms. The second-order valence-electron chi connectivity index (χ2n) is 6.90. The lowest BCUT2D eigenvalue weighted by molar-refractivity contribution is 0.0613. The first-order valence-electron chi connectivity index (χ1n) is 9.90. The molecule has 0 unspecified atom stereocenters. The Morgan fingerprint density at radius 1 is 0.679 bits per heavy atom. The zero-order valence-corrected chi connectivity index (χ0v) is 17.8. The van der Waals surface area contributed by atoms with E-state index in [1.165, 1.54) is 30.6 Å². The number of nitrogens with zero attached hydrogens (tertiary/aromatic N) is 1. The number of hydrogen-bond donors (Lipinski definition) is 0. The molecule has 0 aliphatic carbocycles. The normalized spacial score (nSPS) is 10.7. The summed E-state index contributed by atoms with van der Waals surface area (Å²) in [6.45, 7) is 2.60. The van der Waals surface area contributed by atoms with Gasteiger partial charge in [0.25, 0.3) is 11.8 Å². The highest BCUT2D eigenvalue weighted by atomic mass is 35.5. The van der Waals surface area contributed by atoms with Crippen molar-refractivity contribution in [1.29, 1.82) is 0 Å². The molecule has 0 saturated heterocycles. The zero-order valence-electron chi connectivity index (χ0n) is 16.3. The van der Waals surface area contributed by atoms with Crippen LogP contribution in [0.2, 0.25) is 10.0 Å². The molecule has 2 aromatic carbocycles. The van der Waals surface area contributed by atoms with Gasteiger partial charge in [-0.05, 0) is 55.0 Å². The summed E-state index contributed by atoms with van der Waals surface area (Å²) >= 11 is 11.8. The maximum atomic E-state index is 13.0. The highest BCUT2D eigenvalue weighted by molar-refractivity contribution is 6.31. The first kappa shape index (κ1) is 22.4. The summed E-state index contributed by atoms with van der Waals surface area (Å²) in [5.74, 6) is -0.606. The van der Waals surface area contributed by atoms with Crippen LogP contribution in [-0.2, 0) is 0 Å². The Kier molecular flexibility index (Phi) is 9.52. The van der Waals surface area contributed by atoms with Crippen molar-refractivity contribution in [3.05, 3.63) is 69.7 Å². The molecule has 0 atom stereocenters. The molecule has 0 saturated carbocycles. The van der Waals surface area contributed by atoms with E-state index < -0.39 is 0 Å². The molecule has 0 heterocycles. The lowest BCUT2D eigenvalue weighted by Crippen LogP contribution is -2.37. The SMILES string of the molecule is CCCCCCCCCN(C(=O)c1ccc(Cl)cc1)C(=O)c1ccc(Cl)cc1. The summed E-state index contributed by atoms with van der Waals surface area (Å²) in [5.41, 5.74) is 0.907. The molecule has 150 valence electrons. The van der Waals surface area contributed by atoms with Gasteiger partial charge in [0.1, 0.15) is 0 Å². The maximum absolute atomic E-state index is 13.0. The van der Waals surface area contributed by atoms with Gasteiger partial charge in [-0.25, -0.2) is 0 Å². The van der Waals surface area contributed by atoms with E-state index in [1.54, 1.807) is 48.5 Å². The Bertz CT molecular complexity index is 700. The summed E-state index contributed by atoms with van der Waals surface area (Å²) in [4.78, 5) is 27.3. The third-order valence-electron chi connectivity index (χ3n) is 4.66. The summed E-state index contributed by atoms with van der Waals surface area (Å²) in [5, 5.41) is 1.11. The summed E-state index contributed by atoms with van der Waals surface area (Å²) in [7, 11) is 0. The smallest absolute Gasteiger partial charge is 0.260 e. The lowest BCUT2D eigenvalue weighted by Gasteiger charge is -2.21. The number of carbonyl (C=O) groups excluding carboxylic acids is 2. The minimum absolute atomic E-state index is 0.303. The van der Waals surface area contributed by atoms with Crippen molar-refractivity contribution in [2.45, 2.75) is 51.9 Å². The van der Waals surface area contributed by atoms with E-state index in [2.05, 4.69) is 6.92 Å². The second-order valence-corrected chi connectivity index (χ2v) is 7.77. The van der Waals surface area contributed by atoms with E-state index in [9.17, 15) is 9.59 Å². The van der Waals surface area contributed by atoms with Crippen molar-refractivity contribution in [1.82, 2.24) is 4.90 Å². The van der Waals surface area contributed by atoms with Gasteiger partial charge in [-0.3, -0.25) is 14.5 Å². The molecule has 0 aliphatic rings. The molecule has 0 N–H and O–H groups in total. The van der Waals surface area contributed by atoms with Gasteiger partial charge in [0.05, 0.1) is 0 Å². The van der Waals surface area contributed by atoms with Crippen molar-refractivity contribution in [3.63, 3.8) is 0 Å². The van der Waals surface area contributed by atoms with Crippen molar-refractivity contribution in [3.8, 4) is 0 Å². The number of halogens is 2. The predicted molar refractivity (Wildman–Crippen MR) is 116 cm³/mol. The Labute approximate surface area is 177 Å². The van der Waals surface area contributed by atoms with E-state index in [4.69, 9.17) is 23.2 Å². The van der Waals surface area contributed by atoms with E-state index >= 15 is 0 Å². The molecule has 2 aromatic rings. The molecule has 2 amide bonds. The van der Waals surface area contributed by atoms with E-state index in [1.807, 2.05) is 0 Å². The highest BCUT2D eigenvalue weighted by Crippen LogP contribution is 2.17. The molecule has 0 spiro atoms. The predicted octanol–water partition coefficient (Wildman–Crippen LogP) is 7.03. The maximum Gasteiger partial charge on any atom is 0.260 e. The minimum atomic E-state index is -0.303. The van der Waals surface area contributed by atoms with E-state index in [-0.39, 0.29) is 11.8 Å². The fraction of sp³-hybridized carbons (Fsp3) is 0.391. The quantitative estimate of drug-likeness (QED) is 0.306. The van der Waals surface area contributed by atoms with Gasteiger partial charge in [0.2, 0.25) is 0 Å². The van der Waals surface area contributed by atoms with Crippen LogP contribution < -0.4 is 0 Å². The summed E-state index contributed by atoms with van der Waals surface area (Å²) in [6, 6.07) is 13.2. The molecular weight excluding hydrogens is 393 g/mol. The van der Waals surface area contributed by atoms with Gasteiger partial charge < -0.3 is 0 Å². The Balaban J connectivity index is 2.06. The number of rotatable bonds is 10.